The number of nitrogens with zero attached hydrogens (tertiary/aromatic N) is 4. The van der Waals surface area contributed by atoms with E-state index in [-0.39, 0.29) is 22.8 Å². The Morgan fingerprint density at radius 1 is 1.08 bits per heavy atom. The predicted octanol–water partition coefficient (Wildman–Crippen LogP) is 5.44. The van der Waals surface area contributed by atoms with Crippen molar-refractivity contribution in [2.75, 3.05) is 18.4 Å². The van der Waals surface area contributed by atoms with Crippen LogP contribution in [-0.4, -0.2) is 46.5 Å². The molecule has 8 nitrogen and oxygen atoms in total. The Morgan fingerprint density at radius 3 is 2.53 bits per heavy atom. The molecule has 200 valence electrons. The largest absolute Gasteiger partial charge is 0.310 e. The van der Waals surface area contributed by atoms with Crippen LogP contribution in [-0.2, 0) is 20.2 Å². The summed E-state index contributed by atoms with van der Waals surface area (Å²) in [6.45, 7) is 10.9. The number of amides is 1. The van der Waals surface area contributed by atoms with Crippen LogP contribution in [0.3, 0.4) is 0 Å². The summed E-state index contributed by atoms with van der Waals surface area (Å²) >= 11 is 1.52. The van der Waals surface area contributed by atoms with Crippen molar-refractivity contribution in [3.8, 4) is 5.13 Å². The summed E-state index contributed by atoms with van der Waals surface area (Å²) < 4.78 is 30.6. The van der Waals surface area contributed by atoms with E-state index in [0.29, 0.717) is 30.3 Å². The van der Waals surface area contributed by atoms with E-state index in [0.717, 1.165) is 21.5 Å². The topological polar surface area (TPSA) is 97.2 Å². The van der Waals surface area contributed by atoms with Gasteiger partial charge in [-0.3, -0.25) is 4.79 Å². The van der Waals surface area contributed by atoms with Crippen LogP contribution >= 0.6 is 11.3 Å². The second kappa shape index (κ2) is 9.91. The number of aromatic nitrogens is 3. The lowest BCUT2D eigenvalue weighted by Crippen LogP contribution is -2.43. The predicted molar refractivity (Wildman–Crippen MR) is 151 cm³/mol. The highest BCUT2D eigenvalue weighted by atomic mass is 32.2. The molecule has 1 aliphatic heterocycles. The zero-order valence-electron chi connectivity index (χ0n) is 22.4. The number of piperidine rings is 1. The third kappa shape index (κ3) is 5.25. The minimum absolute atomic E-state index is 0.0284. The number of hydrogen-bond donors (Lipinski definition) is 1. The highest BCUT2D eigenvalue weighted by molar-refractivity contribution is 7.89. The van der Waals surface area contributed by atoms with Crippen LogP contribution in [0.5, 0.6) is 0 Å². The number of benzene rings is 2. The van der Waals surface area contributed by atoms with Crippen molar-refractivity contribution in [3.05, 3.63) is 65.4 Å². The molecule has 0 spiro atoms. The van der Waals surface area contributed by atoms with Crippen LogP contribution in [0.1, 0.15) is 50.4 Å². The number of fused-ring (bicyclic) bond motifs is 1. The highest BCUT2D eigenvalue weighted by Crippen LogP contribution is 2.32. The summed E-state index contributed by atoms with van der Waals surface area (Å²) in [7, 11) is -3.67. The van der Waals surface area contributed by atoms with Crippen LogP contribution in [0.15, 0.2) is 53.4 Å². The molecule has 1 fully saturated rings. The van der Waals surface area contributed by atoms with Crippen LogP contribution in [0.4, 0.5) is 5.82 Å². The second-order valence-electron chi connectivity index (χ2n) is 11.0. The Bertz CT molecular complexity index is 1600. The molecule has 4 aromatic rings. The van der Waals surface area contributed by atoms with E-state index < -0.39 is 15.9 Å². The normalized spacial score (nSPS) is 17.1. The Morgan fingerprint density at radius 2 is 1.82 bits per heavy atom. The molecule has 10 heteroatoms. The van der Waals surface area contributed by atoms with Gasteiger partial charge in [-0.05, 0) is 61.9 Å². The lowest BCUT2D eigenvalue weighted by molar-refractivity contribution is -0.120. The summed E-state index contributed by atoms with van der Waals surface area (Å²) in [5, 5.41) is 8.26. The highest BCUT2D eigenvalue weighted by Gasteiger charge is 2.34. The number of anilines is 1. The fourth-order valence-electron chi connectivity index (χ4n) is 4.67. The van der Waals surface area contributed by atoms with Crippen LogP contribution in [0.25, 0.3) is 15.3 Å². The number of thiazole rings is 1. The molecular formula is C28H33N5O3S2. The van der Waals surface area contributed by atoms with Gasteiger partial charge in [0.2, 0.25) is 21.1 Å². The van der Waals surface area contributed by atoms with Crippen LogP contribution < -0.4 is 5.32 Å². The van der Waals surface area contributed by atoms with Crippen molar-refractivity contribution in [3.63, 3.8) is 0 Å². The molecule has 1 N–H and O–H groups in total. The molecule has 0 bridgehead atoms. The summed E-state index contributed by atoms with van der Waals surface area (Å²) in [6, 6.07) is 14.9. The number of aryl methyl sites for hydroxylation is 2. The molecule has 5 rings (SSSR count). The maximum absolute atomic E-state index is 13.4. The van der Waals surface area contributed by atoms with E-state index >= 15 is 0 Å². The Balaban J connectivity index is 1.36. The summed E-state index contributed by atoms with van der Waals surface area (Å²) in [5.41, 5.74) is 3.89. The van der Waals surface area contributed by atoms with Crippen molar-refractivity contribution in [2.45, 2.75) is 57.8 Å². The van der Waals surface area contributed by atoms with Crippen LogP contribution in [0.2, 0.25) is 0 Å². The van der Waals surface area contributed by atoms with Gasteiger partial charge in [0.25, 0.3) is 0 Å². The first kappa shape index (κ1) is 26.5. The Labute approximate surface area is 227 Å². The fourth-order valence-corrected chi connectivity index (χ4v) is 7.16. The summed E-state index contributed by atoms with van der Waals surface area (Å²) in [5.74, 6) is -0.149. The SMILES string of the molecule is Cc1ccc(S(=O)(=O)N2CCCC(C(=O)Nc3cc(C)nn3-c3nc4ccc(C(C)(C)C)cc4s3)C2)cc1. The van der Waals surface area contributed by atoms with E-state index in [2.05, 4.69) is 43.3 Å². The standard InChI is InChI=1S/C28H33N5O3S2/c1-18-8-11-22(12-9-18)38(35,36)32-14-6-7-20(17-32)26(34)30-25-15-19(2)31-33(25)27-29-23-13-10-21(28(3,4)5)16-24(23)37-27/h8-13,15-16,20H,6-7,14,17H2,1-5H3,(H,30,34). The molecule has 1 saturated heterocycles. The van der Waals surface area contributed by atoms with Gasteiger partial charge in [0, 0.05) is 19.2 Å². The molecule has 0 radical (unpaired) electrons. The maximum atomic E-state index is 13.4. The van der Waals surface area contributed by atoms with Gasteiger partial charge in [-0.15, -0.1) is 0 Å². The minimum atomic E-state index is -3.67. The molecule has 3 heterocycles. The maximum Gasteiger partial charge on any atom is 0.243 e. The van der Waals surface area contributed by atoms with Crippen LogP contribution in [0, 0.1) is 19.8 Å². The zero-order chi connectivity index (χ0) is 27.2. The van der Waals surface area contributed by atoms with E-state index in [1.165, 1.54) is 21.2 Å². The lowest BCUT2D eigenvalue weighted by atomic mass is 9.87. The third-order valence-electron chi connectivity index (χ3n) is 6.92. The molecule has 0 saturated carbocycles. The van der Waals surface area contributed by atoms with Gasteiger partial charge in [0.15, 0.2) is 0 Å². The first-order chi connectivity index (χ1) is 17.9. The zero-order valence-corrected chi connectivity index (χ0v) is 24.0. The number of carbonyl (C=O) groups excluding carboxylic acids is 1. The molecule has 1 atom stereocenters. The number of rotatable bonds is 5. The number of nitrogens with one attached hydrogen (secondary N) is 1. The number of hydrogen-bond acceptors (Lipinski definition) is 6. The average molecular weight is 552 g/mol. The lowest BCUT2D eigenvalue weighted by Gasteiger charge is -2.31. The van der Waals surface area contributed by atoms with Crippen molar-refractivity contribution in [1.29, 1.82) is 0 Å². The molecule has 2 aromatic heterocycles. The average Bonchev–Trinajstić information content (AvgIpc) is 3.46. The van der Waals surface area contributed by atoms with E-state index in [4.69, 9.17) is 4.98 Å². The van der Waals surface area contributed by atoms with Gasteiger partial charge in [0.05, 0.1) is 26.7 Å². The first-order valence-electron chi connectivity index (χ1n) is 12.8. The van der Waals surface area contributed by atoms with Gasteiger partial charge in [0.1, 0.15) is 5.82 Å². The monoisotopic (exact) mass is 551 g/mol. The quantitative estimate of drug-likeness (QED) is 0.356. The second-order valence-corrected chi connectivity index (χ2v) is 14.0. The summed E-state index contributed by atoms with van der Waals surface area (Å²) in [4.78, 5) is 18.4. The molecule has 38 heavy (non-hydrogen) atoms. The molecular weight excluding hydrogens is 518 g/mol. The van der Waals surface area contributed by atoms with Crippen molar-refractivity contribution < 1.29 is 13.2 Å². The number of carbonyl (C=O) groups is 1. The van der Waals surface area contributed by atoms with E-state index in [9.17, 15) is 13.2 Å². The molecule has 1 amide bonds. The third-order valence-corrected chi connectivity index (χ3v) is 9.79. The van der Waals surface area contributed by atoms with Crippen molar-refractivity contribution in [2.24, 2.45) is 5.92 Å². The Kier molecular flexibility index (Phi) is 6.91. The van der Waals surface area contributed by atoms with E-state index in [1.807, 2.05) is 26.0 Å². The molecule has 2 aromatic carbocycles. The first-order valence-corrected chi connectivity index (χ1v) is 15.0. The van der Waals surface area contributed by atoms with Gasteiger partial charge in [-0.25, -0.2) is 13.4 Å². The summed E-state index contributed by atoms with van der Waals surface area (Å²) in [6.07, 6.45) is 1.24. The van der Waals surface area contributed by atoms with Crippen molar-refractivity contribution in [1.82, 2.24) is 19.1 Å². The fraction of sp³-hybridized carbons (Fsp3) is 0.393. The number of sulfonamides is 1. The van der Waals surface area contributed by atoms with Gasteiger partial charge >= 0.3 is 0 Å². The van der Waals surface area contributed by atoms with Gasteiger partial charge in [-0.1, -0.05) is 55.9 Å². The van der Waals surface area contributed by atoms with Gasteiger partial charge < -0.3 is 5.32 Å². The van der Waals surface area contributed by atoms with Crippen molar-refractivity contribution >= 4 is 43.3 Å². The minimum Gasteiger partial charge on any atom is -0.310 e. The van der Waals surface area contributed by atoms with E-state index in [1.54, 1.807) is 28.9 Å². The molecule has 1 aliphatic rings. The smallest absolute Gasteiger partial charge is 0.243 e. The molecule has 0 aliphatic carbocycles. The van der Waals surface area contributed by atoms with Gasteiger partial charge in [-0.2, -0.15) is 14.1 Å². The molecule has 1 unspecified atom stereocenters. The Hall–Kier alpha value is -3.08.